The molecule has 0 radical (unpaired) electrons. The highest BCUT2D eigenvalue weighted by Crippen LogP contribution is 2.62. The Kier molecular flexibility index (Phi) is 5.71. The molecule has 0 heterocycles. The molecular formula is C44H37N. The summed E-state index contributed by atoms with van der Waals surface area (Å²) in [5, 5.41) is 0. The highest BCUT2D eigenvalue weighted by Gasteiger charge is 2.51. The molecule has 0 bridgehead atoms. The van der Waals surface area contributed by atoms with Crippen molar-refractivity contribution in [3.63, 3.8) is 0 Å². The average molecular weight is 580 g/mol. The second-order valence-electron chi connectivity index (χ2n) is 13.6. The summed E-state index contributed by atoms with van der Waals surface area (Å²) in [6, 6.07) is 50.6. The van der Waals surface area contributed by atoms with Crippen LogP contribution >= 0.6 is 0 Å². The van der Waals surface area contributed by atoms with Crippen molar-refractivity contribution in [2.45, 2.75) is 44.7 Å². The smallest absolute Gasteiger partial charge is 0.0725 e. The first-order valence-corrected chi connectivity index (χ1v) is 16.4. The summed E-state index contributed by atoms with van der Waals surface area (Å²) in [5.41, 5.74) is 19.3. The summed E-state index contributed by atoms with van der Waals surface area (Å²) in [6.45, 7) is 9.88. The Morgan fingerprint density at radius 3 is 1.29 bits per heavy atom. The van der Waals surface area contributed by atoms with Crippen molar-refractivity contribution >= 4 is 0 Å². The van der Waals surface area contributed by atoms with Gasteiger partial charge in [0.1, 0.15) is 0 Å². The van der Waals surface area contributed by atoms with Crippen LogP contribution in [0.3, 0.4) is 0 Å². The van der Waals surface area contributed by atoms with Gasteiger partial charge in [0, 0.05) is 18.5 Å². The van der Waals surface area contributed by atoms with E-state index in [1.165, 1.54) is 77.9 Å². The Morgan fingerprint density at radius 2 is 0.800 bits per heavy atom. The third kappa shape index (κ3) is 3.59. The van der Waals surface area contributed by atoms with Crippen molar-refractivity contribution in [3.05, 3.63) is 178 Å². The lowest BCUT2D eigenvalue weighted by molar-refractivity contribution is 0.271. The van der Waals surface area contributed by atoms with Crippen molar-refractivity contribution in [1.29, 1.82) is 0 Å². The van der Waals surface area contributed by atoms with Gasteiger partial charge in [0.05, 0.1) is 5.41 Å². The van der Waals surface area contributed by atoms with Crippen LogP contribution in [0, 0.1) is 0 Å². The van der Waals surface area contributed by atoms with Crippen LogP contribution < -0.4 is 0 Å². The second-order valence-corrected chi connectivity index (χ2v) is 13.6. The normalized spacial score (nSPS) is 15.4. The van der Waals surface area contributed by atoms with Crippen LogP contribution in [0.4, 0.5) is 0 Å². The highest BCUT2D eigenvalue weighted by molar-refractivity contribution is 5.95. The third-order valence-electron chi connectivity index (χ3n) is 11.0. The number of hydrogen-bond acceptors (Lipinski definition) is 1. The molecule has 1 spiro atoms. The monoisotopic (exact) mass is 579 g/mol. The first kappa shape index (κ1) is 26.7. The number of hydrogen-bond donors (Lipinski definition) is 0. The van der Waals surface area contributed by atoms with Crippen molar-refractivity contribution in [1.82, 2.24) is 4.90 Å². The van der Waals surface area contributed by atoms with E-state index in [0.29, 0.717) is 0 Å². The maximum Gasteiger partial charge on any atom is 0.0725 e. The molecule has 1 heteroatoms. The molecule has 6 aromatic rings. The van der Waals surface area contributed by atoms with E-state index in [2.05, 4.69) is 159 Å². The van der Waals surface area contributed by atoms with Crippen molar-refractivity contribution < 1.29 is 0 Å². The summed E-state index contributed by atoms with van der Waals surface area (Å²) < 4.78 is 0. The fourth-order valence-corrected chi connectivity index (χ4v) is 8.89. The van der Waals surface area contributed by atoms with E-state index in [-0.39, 0.29) is 10.8 Å². The molecular weight excluding hydrogens is 542 g/mol. The molecule has 0 saturated heterocycles. The van der Waals surface area contributed by atoms with Gasteiger partial charge in [-0.05, 0) is 84.4 Å². The lowest BCUT2D eigenvalue weighted by atomic mass is 9.70. The first-order chi connectivity index (χ1) is 22.0. The Morgan fingerprint density at radius 1 is 0.422 bits per heavy atom. The van der Waals surface area contributed by atoms with Crippen molar-refractivity contribution in [2.24, 2.45) is 0 Å². The topological polar surface area (TPSA) is 3.24 Å². The van der Waals surface area contributed by atoms with E-state index in [4.69, 9.17) is 0 Å². The van der Waals surface area contributed by atoms with E-state index >= 15 is 0 Å². The molecule has 1 nitrogen and oxygen atoms in total. The fraction of sp³-hybridized carbons (Fsp3) is 0.182. The van der Waals surface area contributed by atoms with E-state index in [1.807, 2.05) is 0 Å². The van der Waals surface area contributed by atoms with Crippen LogP contribution in [0.15, 0.2) is 133 Å². The Labute approximate surface area is 266 Å². The van der Waals surface area contributed by atoms with Gasteiger partial charge in [-0.3, -0.25) is 4.90 Å². The zero-order valence-electron chi connectivity index (χ0n) is 26.3. The molecule has 9 rings (SSSR count). The Bertz CT molecular complexity index is 2080. The van der Waals surface area contributed by atoms with Gasteiger partial charge in [0.15, 0.2) is 0 Å². The number of fused-ring (bicyclic) bond motifs is 13. The number of rotatable bonds is 5. The minimum Gasteiger partial charge on any atom is -0.295 e. The predicted molar refractivity (Wildman–Crippen MR) is 187 cm³/mol. The largest absolute Gasteiger partial charge is 0.295 e. The maximum atomic E-state index is 2.59. The molecule has 0 unspecified atom stereocenters. The Balaban J connectivity index is 1.11. The lowest BCUT2D eigenvalue weighted by Crippen LogP contribution is -2.26. The summed E-state index contributed by atoms with van der Waals surface area (Å²) in [4.78, 5) is 2.59. The lowest BCUT2D eigenvalue weighted by Gasteiger charge is -2.31. The van der Waals surface area contributed by atoms with Gasteiger partial charge in [0.25, 0.3) is 0 Å². The average Bonchev–Trinajstić information content (AvgIpc) is 3.63. The Hall–Kier alpha value is -4.72. The summed E-state index contributed by atoms with van der Waals surface area (Å²) in [7, 11) is 0. The standard InChI is InChI=1S/C44H37N/c1-4-45(27-29-21-23-35-31-13-5-9-17-37(31)43(2,3)41(35)25-29)28-30-22-24-36-34-16-8-12-20-40(34)44(42(36)26-30)38-18-10-6-14-32(38)33-15-7-11-19-39(33)44/h5-26H,4,27-28H2,1-3H3. The van der Waals surface area contributed by atoms with Gasteiger partial charge in [-0.2, -0.15) is 0 Å². The van der Waals surface area contributed by atoms with E-state index in [0.717, 1.165) is 19.6 Å². The molecule has 3 aliphatic carbocycles. The molecule has 6 aromatic carbocycles. The molecule has 0 saturated carbocycles. The van der Waals surface area contributed by atoms with Gasteiger partial charge >= 0.3 is 0 Å². The SMILES string of the molecule is CCN(Cc1ccc2c(c1)C(C)(C)c1ccccc1-2)Cc1ccc2c(c1)C1(c3ccccc3-c3ccccc31)c1ccccc1-2. The van der Waals surface area contributed by atoms with Gasteiger partial charge in [0.2, 0.25) is 0 Å². The number of nitrogens with zero attached hydrogens (tertiary/aromatic N) is 1. The number of benzene rings is 6. The van der Waals surface area contributed by atoms with Crippen LogP contribution in [0.25, 0.3) is 33.4 Å². The summed E-state index contributed by atoms with van der Waals surface area (Å²) >= 11 is 0. The van der Waals surface area contributed by atoms with Gasteiger partial charge < -0.3 is 0 Å². The van der Waals surface area contributed by atoms with Crippen molar-refractivity contribution in [2.75, 3.05) is 6.54 Å². The molecule has 3 aliphatic rings. The summed E-state index contributed by atoms with van der Waals surface area (Å²) in [5.74, 6) is 0. The highest BCUT2D eigenvalue weighted by atomic mass is 15.1. The van der Waals surface area contributed by atoms with Crippen LogP contribution in [0.5, 0.6) is 0 Å². The van der Waals surface area contributed by atoms with Crippen LogP contribution in [-0.2, 0) is 23.9 Å². The summed E-state index contributed by atoms with van der Waals surface area (Å²) in [6.07, 6.45) is 0. The zero-order chi connectivity index (χ0) is 30.3. The van der Waals surface area contributed by atoms with Gasteiger partial charge in [-0.1, -0.05) is 154 Å². The van der Waals surface area contributed by atoms with Crippen LogP contribution in [0.1, 0.15) is 65.3 Å². The second kappa shape index (κ2) is 9.64. The van der Waals surface area contributed by atoms with E-state index in [1.54, 1.807) is 0 Å². The predicted octanol–water partition coefficient (Wildman–Crippen LogP) is 10.4. The maximum absolute atomic E-state index is 2.59. The van der Waals surface area contributed by atoms with E-state index < -0.39 is 0 Å². The molecule has 0 atom stereocenters. The molecule has 45 heavy (non-hydrogen) atoms. The molecule has 0 aromatic heterocycles. The minimum atomic E-state index is -0.285. The quantitative estimate of drug-likeness (QED) is 0.196. The van der Waals surface area contributed by atoms with Crippen LogP contribution in [0.2, 0.25) is 0 Å². The molecule has 0 aliphatic heterocycles. The third-order valence-corrected chi connectivity index (χ3v) is 11.0. The minimum absolute atomic E-state index is 0.0240. The van der Waals surface area contributed by atoms with Crippen molar-refractivity contribution in [3.8, 4) is 33.4 Å². The van der Waals surface area contributed by atoms with E-state index in [9.17, 15) is 0 Å². The molecule has 0 amide bonds. The fourth-order valence-electron chi connectivity index (χ4n) is 8.89. The first-order valence-electron chi connectivity index (χ1n) is 16.4. The van der Waals surface area contributed by atoms with Gasteiger partial charge in [-0.25, -0.2) is 0 Å². The molecule has 0 N–H and O–H groups in total. The van der Waals surface area contributed by atoms with Crippen LogP contribution in [-0.4, -0.2) is 11.4 Å². The molecule has 0 fully saturated rings. The zero-order valence-corrected chi connectivity index (χ0v) is 26.3. The molecule has 218 valence electrons. The van der Waals surface area contributed by atoms with Gasteiger partial charge in [-0.15, -0.1) is 0 Å².